The molecule has 0 aliphatic heterocycles. The lowest BCUT2D eigenvalue weighted by atomic mass is 10.1. The number of nitrogens with one attached hydrogen (secondary N) is 1. The Labute approximate surface area is 155 Å². The molecule has 0 heterocycles. The largest absolute Gasteiger partial charge is 0.380 e. The average molecular weight is 425 g/mol. The summed E-state index contributed by atoms with van der Waals surface area (Å²) >= 11 is 0. The molecule has 2 rings (SSSR count). The second-order valence-electron chi connectivity index (χ2n) is 5.38. The van der Waals surface area contributed by atoms with Crippen molar-refractivity contribution in [3.05, 3.63) is 64.7 Å². The van der Waals surface area contributed by atoms with Crippen molar-refractivity contribution in [2.45, 2.75) is 27.0 Å². The van der Waals surface area contributed by atoms with Gasteiger partial charge in [-0.25, -0.2) is 4.99 Å². The summed E-state index contributed by atoms with van der Waals surface area (Å²) in [6.45, 7) is 5.31. The molecule has 0 aromatic heterocycles. The van der Waals surface area contributed by atoms with Gasteiger partial charge in [0.1, 0.15) is 0 Å². The Morgan fingerprint density at radius 2 is 1.83 bits per heavy atom. The van der Waals surface area contributed by atoms with Crippen molar-refractivity contribution < 1.29 is 4.74 Å². The summed E-state index contributed by atoms with van der Waals surface area (Å²) in [6, 6.07) is 14.3. The lowest BCUT2D eigenvalue weighted by Gasteiger charge is -2.08. The maximum absolute atomic E-state index is 5.95. The Kier molecular flexibility index (Phi) is 8.05. The van der Waals surface area contributed by atoms with E-state index >= 15 is 0 Å². The highest BCUT2D eigenvalue weighted by Gasteiger charge is 1.99. The van der Waals surface area contributed by atoms with E-state index in [1.54, 1.807) is 7.11 Å². The van der Waals surface area contributed by atoms with E-state index in [1.165, 1.54) is 11.1 Å². The number of ether oxygens (including phenoxy) is 1. The molecule has 0 amide bonds. The fourth-order valence-electron chi connectivity index (χ4n) is 2.17. The molecule has 0 unspecified atom stereocenters. The van der Waals surface area contributed by atoms with Crippen LogP contribution in [0.4, 0.5) is 5.69 Å². The minimum absolute atomic E-state index is 0. The normalized spacial score (nSPS) is 11.0. The van der Waals surface area contributed by atoms with Gasteiger partial charge in [-0.15, -0.1) is 24.0 Å². The number of nitrogens with zero attached hydrogens (tertiary/aromatic N) is 1. The molecule has 0 bridgehead atoms. The first-order valence-electron chi connectivity index (χ1n) is 7.29. The van der Waals surface area contributed by atoms with E-state index in [4.69, 9.17) is 10.5 Å². The molecule has 0 fully saturated rings. The SMILES string of the molecule is COCc1cccc(CN=C(N)Nc2ccc(C)c(C)c2)c1.I. The van der Waals surface area contributed by atoms with Crippen molar-refractivity contribution >= 4 is 35.6 Å². The third kappa shape index (κ3) is 6.19. The van der Waals surface area contributed by atoms with E-state index in [1.807, 2.05) is 24.3 Å². The molecule has 0 radical (unpaired) electrons. The topological polar surface area (TPSA) is 59.6 Å². The Bertz CT molecular complexity index is 671. The third-order valence-electron chi connectivity index (χ3n) is 3.51. The molecular weight excluding hydrogens is 401 g/mol. The van der Waals surface area contributed by atoms with Crippen molar-refractivity contribution in [2.75, 3.05) is 12.4 Å². The summed E-state index contributed by atoms with van der Waals surface area (Å²) in [5, 5.41) is 3.12. The number of hydrogen-bond donors (Lipinski definition) is 2. The Balaban J connectivity index is 0.00000264. The first kappa shape index (κ1) is 19.4. The molecule has 3 N–H and O–H groups in total. The predicted molar refractivity (Wildman–Crippen MR) is 107 cm³/mol. The molecule has 0 spiro atoms. The van der Waals surface area contributed by atoms with Crippen molar-refractivity contribution in [1.29, 1.82) is 0 Å². The highest BCUT2D eigenvalue weighted by molar-refractivity contribution is 14.0. The number of methoxy groups -OCH3 is 1. The van der Waals surface area contributed by atoms with Gasteiger partial charge < -0.3 is 15.8 Å². The third-order valence-corrected chi connectivity index (χ3v) is 3.51. The highest BCUT2D eigenvalue weighted by Crippen LogP contribution is 2.14. The van der Waals surface area contributed by atoms with Crippen LogP contribution in [0.2, 0.25) is 0 Å². The molecule has 0 aliphatic carbocycles. The molecule has 5 heteroatoms. The number of rotatable bonds is 5. The molecule has 0 aliphatic rings. The maximum Gasteiger partial charge on any atom is 0.193 e. The number of hydrogen-bond acceptors (Lipinski definition) is 2. The minimum Gasteiger partial charge on any atom is -0.380 e. The molecule has 23 heavy (non-hydrogen) atoms. The van der Waals surface area contributed by atoms with E-state index in [0.717, 1.165) is 16.8 Å². The van der Waals surface area contributed by atoms with Gasteiger partial charge in [-0.2, -0.15) is 0 Å². The summed E-state index contributed by atoms with van der Waals surface area (Å²) in [5.41, 5.74) is 11.6. The zero-order chi connectivity index (χ0) is 15.9. The van der Waals surface area contributed by atoms with E-state index in [0.29, 0.717) is 19.1 Å². The van der Waals surface area contributed by atoms with Gasteiger partial charge in [0, 0.05) is 12.8 Å². The van der Waals surface area contributed by atoms with Crippen LogP contribution in [0.1, 0.15) is 22.3 Å². The Hall–Kier alpha value is -1.60. The van der Waals surface area contributed by atoms with Crippen molar-refractivity contribution in [3.8, 4) is 0 Å². The molecule has 4 nitrogen and oxygen atoms in total. The van der Waals surface area contributed by atoms with Gasteiger partial charge in [-0.3, -0.25) is 0 Å². The summed E-state index contributed by atoms with van der Waals surface area (Å²) < 4.78 is 5.14. The zero-order valence-electron chi connectivity index (χ0n) is 13.8. The lowest BCUT2D eigenvalue weighted by Crippen LogP contribution is -2.22. The van der Waals surface area contributed by atoms with E-state index < -0.39 is 0 Å². The first-order chi connectivity index (χ1) is 10.6. The Morgan fingerprint density at radius 3 is 2.52 bits per heavy atom. The Morgan fingerprint density at radius 1 is 1.09 bits per heavy atom. The van der Waals surface area contributed by atoms with Crippen LogP contribution >= 0.6 is 24.0 Å². The van der Waals surface area contributed by atoms with Crippen LogP contribution in [0, 0.1) is 13.8 Å². The summed E-state index contributed by atoms with van der Waals surface area (Å²) in [6.07, 6.45) is 0. The van der Waals surface area contributed by atoms with Crippen LogP contribution in [0.3, 0.4) is 0 Å². The molecule has 2 aromatic carbocycles. The van der Waals surface area contributed by atoms with E-state index in [2.05, 4.69) is 42.4 Å². The van der Waals surface area contributed by atoms with Crippen LogP contribution in [0.15, 0.2) is 47.5 Å². The maximum atomic E-state index is 5.95. The van der Waals surface area contributed by atoms with Gasteiger partial charge in [0.05, 0.1) is 13.2 Å². The van der Waals surface area contributed by atoms with Crippen molar-refractivity contribution in [2.24, 2.45) is 10.7 Å². The molecule has 0 saturated carbocycles. The number of benzene rings is 2. The number of nitrogens with two attached hydrogens (primary N) is 1. The fraction of sp³-hybridized carbons (Fsp3) is 0.278. The van der Waals surface area contributed by atoms with Gasteiger partial charge in [-0.05, 0) is 48.2 Å². The van der Waals surface area contributed by atoms with Gasteiger partial charge >= 0.3 is 0 Å². The van der Waals surface area contributed by atoms with Gasteiger partial charge in [0.25, 0.3) is 0 Å². The van der Waals surface area contributed by atoms with Gasteiger partial charge in [0.15, 0.2) is 5.96 Å². The van der Waals surface area contributed by atoms with Gasteiger partial charge in [0.2, 0.25) is 0 Å². The lowest BCUT2D eigenvalue weighted by molar-refractivity contribution is 0.185. The smallest absolute Gasteiger partial charge is 0.193 e. The number of aryl methyl sites for hydroxylation is 2. The number of halogens is 1. The van der Waals surface area contributed by atoms with Crippen LogP contribution in [-0.2, 0) is 17.9 Å². The number of aliphatic imine (C=N–C) groups is 1. The predicted octanol–water partition coefficient (Wildman–Crippen LogP) is 3.99. The van der Waals surface area contributed by atoms with Crippen LogP contribution < -0.4 is 11.1 Å². The van der Waals surface area contributed by atoms with Crippen molar-refractivity contribution in [3.63, 3.8) is 0 Å². The first-order valence-corrected chi connectivity index (χ1v) is 7.29. The van der Waals surface area contributed by atoms with Gasteiger partial charge in [-0.1, -0.05) is 30.3 Å². The molecule has 124 valence electrons. The number of guanidine groups is 1. The molecule has 2 aromatic rings. The second-order valence-corrected chi connectivity index (χ2v) is 5.38. The number of anilines is 1. The summed E-state index contributed by atoms with van der Waals surface area (Å²) in [7, 11) is 1.69. The second kappa shape index (κ2) is 9.52. The summed E-state index contributed by atoms with van der Waals surface area (Å²) in [5.74, 6) is 0.417. The van der Waals surface area contributed by atoms with E-state index in [9.17, 15) is 0 Å². The van der Waals surface area contributed by atoms with Crippen LogP contribution in [0.25, 0.3) is 0 Å². The van der Waals surface area contributed by atoms with E-state index in [-0.39, 0.29) is 24.0 Å². The molecule has 0 saturated heterocycles. The van der Waals surface area contributed by atoms with Crippen LogP contribution in [0.5, 0.6) is 0 Å². The highest BCUT2D eigenvalue weighted by atomic mass is 127. The van der Waals surface area contributed by atoms with Crippen LogP contribution in [-0.4, -0.2) is 13.1 Å². The molecular formula is C18H24IN3O. The summed E-state index contributed by atoms with van der Waals surface area (Å²) in [4.78, 5) is 4.39. The average Bonchev–Trinajstić information content (AvgIpc) is 2.50. The standard InChI is InChI=1S/C18H23N3O.HI/c1-13-7-8-17(9-14(13)2)21-18(19)20-11-15-5-4-6-16(10-15)12-22-3;/h4-10H,11-12H2,1-3H3,(H3,19,20,21);1H. The fourth-order valence-corrected chi connectivity index (χ4v) is 2.17. The minimum atomic E-state index is 0. The van der Waals surface area contributed by atoms with Crippen molar-refractivity contribution in [1.82, 2.24) is 0 Å². The monoisotopic (exact) mass is 425 g/mol. The quantitative estimate of drug-likeness (QED) is 0.433. The zero-order valence-corrected chi connectivity index (χ0v) is 16.1. The molecule has 0 atom stereocenters.